The monoisotopic (exact) mass is 262 g/mol. The first-order valence-electron chi connectivity index (χ1n) is 6.80. The van der Waals surface area contributed by atoms with Crippen LogP contribution in [0.2, 0.25) is 0 Å². The van der Waals surface area contributed by atoms with E-state index in [0.29, 0.717) is 32.8 Å². The lowest BCUT2D eigenvalue weighted by Crippen LogP contribution is -2.23. The summed E-state index contributed by atoms with van der Waals surface area (Å²) in [6.45, 7) is 7.82. The Morgan fingerprint density at radius 2 is 1.78 bits per heavy atom. The van der Waals surface area contributed by atoms with Gasteiger partial charge in [-0.1, -0.05) is 12.2 Å². The van der Waals surface area contributed by atoms with Crippen LogP contribution in [0, 0.1) is 0 Å². The lowest BCUT2D eigenvalue weighted by atomic mass is 10.2. The van der Waals surface area contributed by atoms with E-state index in [9.17, 15) is 4.39 Å². The molecule has 0 aromatic heterocycles. The number of unbranched alkanes of at least 4 members (excludes halogenated alkanes) is 1. The molecule has 0 N–H and O–H groups in total. The average Bonchev–Trinajstić information content (AvgIpc) is 2.32. The normalized spacial score (nSPS) is 13.6. The van der Waals surface area contributed by atoms with Gasteiger partial charge in [-0.05, 0) is 40.0 Å². The molecule has 0 spiro atoms. The molecule has 0 rings (SSSR count). The number of alkyl halides is 1. The number of hydrogen-bond acceptors (Lipinski definition) is 3. The third-order valence-corrected chi connectivity index (χ3v) is 2.25. The molecule has 0 aliphatic carbocycles. The van der Waals surface area contributed by atoms with Crippen molar-refractivity contribution in [2.24, 2.45) is 0 Å². The number of allylic oxidation sites excluding steroid dienone is 2. The van der Waals surface area contributed by atoms with E-state index < -0.39 is 6.17 Å². The van der Waals surface area contributed by atoms with Gasteiger partial charge < -0.3 is 14.2 Å². The number of ether oxygens (including phenoxy) is 3. The summed E-state index contributed by atoms with van der Waals surface area (Å²) in [4.78, 5) is 0. The van der Waals surface area contributed by atoms with E-state index >= 15 is 0 Å². The predicted octanol–water partition coefficient (Wildman–Crippen LogP) is 3.49. The first-order chi connectivity index (χ1) is 8.70. The van der Waals surface area contributed by atoms with E-state index in [0.717, 1.165) is 12.8 Å². The van der Waals surface area contributed by atoms with Crippen LogP contribution in [0.3, 0.4) is 0 Å². The zero-order chi connectivity index (χ0) is 13.6. The van der Waals surface area contributed by atoms with Crippen molar-refractivity contribution in [2.45, 2.75) is 52.5 Å². The van der Waals surface area contributed by atoms with Gasteiger partial charge in [-0.3, -0.25) is 0 Å². The van der Waals surface area contributed by atoms with E-state index in [1.807, 2.05) is 26.0 Å². The summed E-state index contributed by atoms with van der Waals surface area (Å²) in [6.07, 6.45) is 5.22. The molecular weight excluding hydrogens is 235 g/mol. The van der Waals surface area contributed by atoms with Crippen LogP contribution in [0.25, 0.3) is 0 Å². The third kappa shape index (κ3) is 12.0. The number of hydrogen-bond donors (Lipinski definition) is 0. The molecule has 0 saturated heterocycles. The zero-order valence-corrected chi connectivity index (χ0v) is 11.9. The van der Waals surface area contributed by atoms with Gasteiger partial charge in [0, 0.05) is 19.8 Å². The summed E-state index contributed by atoms with van der Waals surface area (Å²) in [5.74, 6) is 0. The first kappa shape index (κ1) is 17.6. The molecule has 0 heterocycles. The highest BCUT2D eigenvalue weighted by molar-refractivity contribution is 4.82. The van der Waals surface area contributed by atoms with Crippen LogP contribution < -0.4 is 0 Å². The van der Waals surface area contributed by atoms with E-state index in [-0.39, 0.29) is 6.29 Å². The van der Waals surface area contributed by atoms with Gasteiger partial charge in [-0.25, -0.2) is 4.39 Å². The molecule has 0 fully saturated rings. The van der Waals surface area contributed by atoms with Gasteiger partial charge in [-0.2, -0.15) is 0 Å². The largest absolute Gasteiger partial charge is 0.376 e. The van der Waals surface area contributed by atoms with Crippen LogP contribution in [0.4, 0.5) is 4.39 Å². The maximum atomic E-state index is 12.5. The van der Waals surface area contributed by atoms with E-state index in [1.54, 1.807) is 6.92 Å². The van der Waals surface area contributed by atoms with Gasteiger partial charge in [0.1, 0.15) is 6.17 Å². The number of halogens is 1. The van der Waals surface area contributed by atoms with Crippen molar-refractivity contribution in [3.63, 3.8) is 0 Å². The summed E-state index contributed by atoms with van der Waals surface area (Å²) in [6, 6.07) is 0. The van der Waals surface area contributed by atoms with E-state index in [1.165, 1.54) is 0 Å². The summed E-state index contributed by atoms with van der Waals surface area (Å²) >= 11 is 0. The Balaban J connectivity index is 3.39. The van der Waals surface area contributed by atoms with Crippen LogP contribution in [-0.4, -0.2) is 38.9 Å². The summed E-state index contributed by atoms with van der Waals surface area (Å²) in [5, 5.41) is 0. The Bertz CT molecular complexity index is 189. The highest BCUT2D eigenvalue weighted by Crippen LogP contribution is 2.01. The molecule has 0 aromatic rings. The topological polar surface area (TPSA) is 27.7 Å². The molecule has 18 heavy (non-hydrogen) atoms. The van der Waals surface area contributed by atoms with Crippen molar-refractivity contribution in [3.8, 4) is 0 Å². The smallest absolute Gasteiger partial charge is 0.180 e. The first-order valence-corrected chi connectivity index (χ1v) is 6.80. The SMILES string of the molecule is CCOC(COCCCC=CC[C@@H](C)F)OCC. The molecule has 0 aliphatic rings. The second kappa shape index (κ2) is 13.0. The Morgan fingerprint density at radius 1 is 1.11 bits per heavy atom. The molecule has 0 amide bonds. The molecular formula is C14H27FO3. The molecule has 0 radical (unpaired) electrons. The van der Waals surface area contributed by atoms with Crippen LogP contribution in [0.1, 0.15) is 40.0 Å². The second-order valence-corrected chi connectivity index (χ2v) is 4.05. The van der Waals surface area contributed by atoms with Crippen molar-refractivity contribution in [3.05, 3.63) is 12.2 Å². The molecule has 3 nitrogen and oxygen atoms in total. The second-order valence-electron chi connectivity index (χ2n) is 4.05. The lowest BCUT2D eigenvalue weighted by molar-refractivity contribution is -0.167. The quantitative estimate of drug-likeness (QED) is 0.306. The van der Waals surface area contributed by atoms with E-state index in [2.05, 4.69) is 0 Å². The fourth-order valence-corrected chi connectivity index (χ4v) is 1.40. The van der Waals surface area contributed by atoms with Crippen molar-refractivity contribution >= 4 is 0 Å². The molecule has 0 aromatic carbocycles. The standard InChI is InChI=1S/C14H27FO3/c1-4-17-14(18-5-2)12-16-11-9-7-6-8-10-13(3)15/h6,8,13-14H,4-5,7,9-12H2,1-3H3/t13-/m1/s1. The fraction of sp³-hybridized carbons (Fsp3) is 0.857. The molecule has 108 valence electrons. The lowest BCUT2D eigenvalue weighted by Gasteiger charge is -2.16. The van der Waals surface area contributed by atoms with Gasteiger partial charge in [0.15, 0.2) is 6.29 Å². The maximum Gasteiger partial charge on any atom is 0.180 e. The fourth-order valence-electron chi connectivity index (χ4n) is 1.40. The van der Waals surface area contributed by atoms with Gasteiger partial charge in [-0.15, -0.1) is 0 Å². The average molecular weight is 262 g/mol. The third-order valence-electron chi connectivity index (χ3n) is 2.25. The van der Waals surface area contributed by atoms with Crippen LogP contribution >= 0.6 is 0 Å². The summed E-state index contributed by atoms with van der Waals surface area (Å²) < 4.78 is 28.6. The van der Waals surface area contributed by atoms with Crippen LogP contribution in [0.5, 0.6) is 0 Å². The van der Waals surface area contributed by atoms with Crippen molar-refractivity contribution < 1.29 is 18.6 Å². The summed E-state index contributed by atoms with van der Waals surface area (Å²) in [7, 11) is 0. The molecule has 0 aliphatic heterocycles. The van der Waals surface area contributed by atoms with Gasteiger partial charge in [0.05, 0.1) is 6.61 Å². The van der Waals surface area contributed by atoms with Crippen molar-refractivity contribution in [1.29, 1.82) is 0 Å². The zero-order valence-electron chi connectivity index (χ0n) is 11.9. The Labute approximate surface area is 110 Å². The van der Waals surface area contributed by atoms with Gasteiger partial charge in [0.25, 0.3) is 0 Å². The molecule has 0 saturated carbocycles. The number of rotatable bonds is 12. The maximum absolute atomic E-state index is 12.5. The Kier molecular flexibility index (Phi) is 12.7. The molecule has 0 unspecified atom stereocenters. The van der Waals surface area contributed by atoms with Crippen molar-refractivity contribution in [1.82, 2.24) is 0 Å². The molecule has 0 bridgehead atoms. The highest BCUT2D eigenvalue weighted by Gasteiger charge is 2.06. The summed E-state index contributed by atoms with van der Waals surface area (Å²) in [5.41, 5.74) is 0. The highest BCUT2D eigenvalue weighted by atomic mass is 19.1. The van der Waals surface area contributed by atoms with Gasteiger partial charge >= 0.3 is 0 Å². The Morgan fingerprint density at radius 3 is 2.33 bits per heavy atom. The predicted molar refractivity (Wildman–Crippen MR) is 71.4 cm³/mol. The minimum Gasteiger partial charge on any atom is -0.376 e. The van der Waals surface area contributed by atoms with Crippen molar-refractivity contribution in [2.75, 3.05) is 26.4 Å². The van der Waals surface area contributed by atoms with E-state index in [4.69, 9.17) is 14.2 Å². The van der Waals surface area contributed by atoms with Gasteiger partial charge in [0.2, 0.25) is 0 Å². The minimum absolute atomic E-state index is 0.261. The minimum atomic E-state index is -0.754. The Hall–Kier alpha value is -0.450. The molecule has 1 atom stereocenters. The molecule has 4 heteroatoms. The van der Waals surface area contributed by atoms with Crippen LogP contribution in [0.15, 0.2) is 12.2 Å². The van der Waals surface area contributed by atoms with Crippen LogP contribution in [-0.2, 0) is 14.2 Å².